The lowest BCUT2D eigenvalue weighted by atomic mass is 9.71. The highest BCUT2D eigenvalue weighted by atomic mass is 19.3. The van der Waals surface area contributed by atoms with Gasteiger partial charge in [-0.3, -0.25) is 9.69 Å². The molecule has 0 aromatic heterocycles. The van der Waals surface area contributed by atoms with Crippen molar-refractivity contribution in [2.24, 2.45) is 22.6 Å². The molecule has 0 spiro atoms. The van der Waals surface area contributed by atoms with Crippen molar-refractivity contribution < 1.29 is 23.0 Å². The van der Waals surface area contributed by atoms with E-state index < -0.39 is 12.2 Å². The molecule has 1 heterocycles. The molecule has 3 rings (SSSR count). The van der Waals surface area contributed by atoms with Gasteiger partial charge in [0.1, 0.15) is 5.76 Å². The normalized spacial score (nSPS) is 29.3. The molecular formula is C22H27F2N3O3. The summed E-state index contributed by atoms with van der Waals surface area (Å²) in [4.78, 5) is 19.3. The number of alkyl halides is 2. The van der Waals surface area contributed by atoms with Crippen molar-refractivity contribution in [1.82, 2.24) is 4.90 Å². The van der Waals surface area contributed by atoms with Crippen LogP contribution >= 0.6 is 0 Å². The zero-order valence-corrected chi connectivity index (χ0v) is 17.3. The predicted octanol–water partition coefficient (Wildman–Crippen LogP) is 3.31. The Morgan fingerprint density at radius 1 is 1.43 bits per heavy atom. The molecule has 0 saturated heterocycles. The van der Waals surface area contributed by atoms with E-state index in [-0.39, 0.29) is 29.5 Å². The van der Waals surface area contributed by atoms with Crippen molar-refractivity contribution in [3.05, 3.63) is 59.4 Å². The second-order valence-corrected chi connectivity index (χ2v) is 7.56. The van der Waals surface area contributed by atoms with Crippen LogP contribution in [0, 0.1) is 11.8 Å². The summed E-state index contributed by atoms with van der Waals surface area (Å²) in [5, 5.41) is 0. The second kappa shape index (κ2) is 8.95. The van der Waals surface area contributed by atoms with Gasteiger partial charge in [0.15, 0.2) is 11.5 Å². The summed E-state index contributed by atoms with van der Waals surface area (Å²) in [6.45, 7) is -0.358. The summed E-state index contributed by atoms with van der Waals surface area (Å²) in [5.41, 5.74) is 6.67. The van der Waals surface area contributed by atoms with E-state index >= 15 is 0 Å². The van der Waals surface area contributed by atoms with Crippen molar-refractivity contribution in [2.45, 2.75) is 31.9 Å². The molecular weight excluding hydrogens is 392 g/mol. The lowest BCUT2D eigenvalue weighted by Crippen LogP contribution is -2.48. The summed E-state index contributed by atoms with van der Waals surface area (Å²) in [6, 6.07) is 0. The molecule has 2 N–H and O–H groups in total. The van der Waals surface area contributed by atoms with Gasteiger partial charge in [-0.1, -0.05) is 36.0 Å². The van der Waals surface area contributed by atoms with Crippen LogP contribution in [0.4, 0.5) is 8.78 Å². The first kappa shape index (κ1) is 22.0. The number of nitrogens with two attached hydrogens (primary N) is 1. The smallest absolute Gasteiger partial charge is 0.387 e. The summed E-state index contributed by atoms with van der Waals surface area (Å²) in [7, 11) is 3.23. The van der Waals surface area contributed by atoms with Crippen molar-refractivity contribution in [1.29, 1.82) is 0 Å². The third-order valence-corrected chi connectivity index (χ3v) is 5.76. The molecule has 0 fully saturated rings. The van der Waals surface area contributed by atoms with Crippen LogP contribution in [0.15, 0.2) is 64.4 Å². The highest BCUT2D eigenvalue weighted by molar-refractivity contribution is 6.09. The van der Waals surface area contributed by atoms with Gasteiger partial charge in [-0.2, -0.15) is 8.78 Å². The van der Waals surface area contributed by atoms with E-state index in [4.69, 9.17) is 10.5 Å². The highest BCUT2D eigenvalue weighted by Crippen LogP contribution is 2.43. The van der Waals surface area contributed by atoms with Gasteiger partial charge in [0.05, 0.1) is 6.61 Å². The van der Waals surface area contributed by atoms with Crippen molar-refractivity contribution in [2.75, 3.05) is 20.8 Å². The molecule has 0 aromatic carbocycles. The lowest BCUT2D eigenvalue weighted by molar-refractivity contribution is -0.130. The second-order valence-electron chi connectivity index (χ2n) is 7.56. The van der Waals surface area contributed by atoms with Crippen LogP contribution in [-0.4, -0.2) is 49.7 Å². The van der Waals surface area contributed by atoms with Crippen LogP contribution in [-0.2, 0) is 14.3 Å². The quantitative estimate of drug-likeness (QED) is 0.643. The number of likely N-dealkylation sites (N-methyl/N-ethyl adjacent to an activating group) is 1. The third kappa shape index (κ3) is 4.09. The number of halogens is 2. The number of methoxy groups -OCH3 is 1. The fourth-order valence-corrected chi connectivity index (χ4v) is 4.03. The number of carbonyl (C=O) groups is 1. The number of nitrogens with zero attached hydrogens (tertiary/aromatic N) is 2. The first-order valence-corrected chi connectivity index (χ1v) is 9.80. The number of hydrogen-bond donors (Lipinski definition) is 1. The van der Waals surface area contributed by atoms with Gasteiger partial charge in [-0.05, 0) is 37.5 Å². The lowest BCUT2D eigenvalue weighted by Gasteiger charge is -2.35. The number of amides is 1. The zero-order valence-electron chi connectivity index (χ0n) is 17.3. The molecule has 3 atom stereocenters. The van der Waals surface area contributed by atoms with Crippen LogP contribution in [0.5, 0.6) is 0 Å². The third-order valence-electron chi connectivity index (χ3n) is 5.76. The van der Waals surface area contributed by atoms with E-state index in [9.17, 15) is 13.6 Å². The Morgan fingerprint density at radius 2 is 2.20 bits per heavy atom. The molecule has 8 heteroatoms. The molecule has 0 aromatic rings. The van der Waals surface area contributed by atoms with E-state index in [0.29, 0.717) is 13.0 Å². The Balaban J connectivity index is 1.98. The maximum Gasteiger partial charge on any atom is 0.387 e. The first-order valence-electron chi connectivity index (χ1n) is 9.80. The molecule has 3 unspecified atom stereocenters. The molecule has 3 aliphatic rings. The van der Waals surface area contributed by atoms with E-state index in [2.05, 4.69) is 15.8 Å². The van der Waals surface area contributed by atoms with Gasteiger partial charge >= 0.3 is 6.61 Å². The average molecular weight is 419 g/mol. The Labute approximate surface area is 175 Å². The molecule has 1 amide bonds. The molecule has 0 saturated carbocycles. The van der Waals surface area contributed by atoms with Crippen LogP contribution in [0.25, 0.3) is 0 Å². The van der Waals surface area contributed by atoms with Gasteiger partial charge in [-0.15, -0.1) is 0 Å². The van der Waals surface area contributed by atoms with E-state index in [1.54, 1.807) is 26.3 Å². The number of ether oxygens (including phenoxy) is 2. The van der Waals surface area contributed by atoms with E-state index in [0.717, 1.165) is 17.6 Å². The maximum atomic E-state index is 13.4. The van der Waals surface area contributed by atoms with Gasteiger partial charge in [0.25, 0.3) is 5.91 Å². The predicted molar refractivity (Wildman–Crippen MR) is 111 cm³/mol. The van der Waals surface area contributed by atoms with Crippen LogP contribution in [0.1, 0.15) is 19.8 Å². The molecule has 2 aliphatic carbocycles. The van der Waals surface area contributed by atoms with Crippen molar-refractivity contribution in [3.8, 4) is 0 Å². The van der Waals surface area contributed by atoms with E-state index in [1.807, 2.05) is 25.2 Å². The largest absolute Gasteiger partial charge is 0.435 e. The zero-order chi connectivity index (χ0) is 21.9. The summed E-state index contributed by atoms with van der Waals surface area (Å²) >= 11 is 0. The number of aliphatic imine (C=N–C) groups is 1. The number of hydrogen-bond acceptors (Lipinski definition) is 5. The SMILES string of the molecule is COC/C=C(\C)C1C=C(C2(C3C=CC(OC(F)F)=CC3)N=C(N)N(C)C2=O)C=CC1. The number of rotatable bonds is 7. The standard InChI is InChI=1S/C22H27F2N3O3/c1-14(11-12-29-3)15-5-4-6-17(13-15)22(19(28)27(2)21(25)26-22)16-7-9-18(10-8-16)30-20(23)24/h4,6-7,9-11,13,15-16,20H,5,8,12H2,1-3H3,(H2,25,26)/b14-11+. The molecule has 30 heavy (non-hydrogen) atoms. The minimum Gasteiger partial charge on any atom is -0.435 e. The monoisotopic (exact) mass is 419 g/mol. The summed E-state index contributed by atoms with van der Waals surface area (Å²) in [6.07, 6.45) is 13.9. The highest BCUT2D eigenvalue weighted by Gasteiger charge is 2.53. The number of carbonyl (C=O) groups excluding carboxylic acids is 1. The van der Waals surface area contributed by atoms with Gasteiger partial charge in [-0.25, -0.2) is 4.99 Å². The Kier molecular flexibility index (Phi) is 6.55. The average Bonchev–Trinajstić information content (AvgIpc) is 2.97. The Morgan fingerprint density at radius 3 is 2.77 bits per heavy atom. The topological polar surface area (TPSA) is 77.2 Å². The van der Waals surface area contributed by atoms with Gasteiger partial charge in [0.2, 0.25) is 0 Å². The maximum absolute atomic E-state index is 13.4. The fourth-order valence-electron chi connectivity index (χ4n) is 4.03. The minimum absolute atomic E-state index is 0.0801. The Hall–Kier alpha value is -2.74. The molecule has 162 valence electrons. The van der Waals surface area contributed by atoms with Gasteiger partial charge in [0, 0.05) is 26.0 Å². The minimum atomic E-state index is -2.90. The summed E-state index contributed by atoms with van der Waals surface area (Å²) < 4.78 is 34.7. The van der Waals surface area contributed by atoms with Crippen LogP contribution in [0.3, 0.4) is 0 Å². The fraction of sp³-hybridized carbons (Fsp3) is 0.455. The van der Waals surface area contributed by atoms with Gasteiger partial charge < -0.3 is 15.2 Å². The van der Waals surface area contributed by atoms with Crippen molar-refractivity contribution in [3.63, 3.8) is 0 Å². The Bertz CT molecular complexity index is 873. The molecule has 1 aliphatic heterocycles. The molecule has 0 radical (unpaired) electrons. The van der Waals surface area contributed by atoms with Crippen LogP contribution < -0.4 is 5.73 Å². The number of allylic oxidation sites excluding steroid dienone is 5. The number of guanidine groups is 1. The molecule has 0 bridgehead atoms. The molecule has 6 nitrogen and oxygen atoms in total. The van der Waals surface area contributed by atoms with Crippen molar-refractivity contribution >= 4 is 11.9 Å². The van der Waals surface area contributed by atoms with Crippen LogP contribution in [0.2, 0.25) is 0 Å². The summed E-state index contributed by atoms with van der Waals surface area (Å²) in [5.74, 6) is -0.299. The van der Waals surface area contributed by atoms with E-state index in [1.165, 1.54) is 11.0 Å². The first-order chi connectivity index (χ1) is 14.3.